The molecule has 0 saturated heterocycles. The first-order valence-corrected chi connectivity index (χ1v) is 6.54. The van der Waals surface area contributed by atoms with Gasteiger partial charge in [-0.15, -0.1) is 0 Å². The summed E-state index contributed by atoms with van der Waals surface area (Å²) in [4.78, 5) is 24.3. The van der Waals surface area contributed by atoms with E-state index in [4.69, 9.17) is 5.11 Å². The predicted molar refractivity (Wildman–Crippen MR) is 67.5 cm³/mol. The van der Waals surface area contributed by atoms with Crippen molar-refractivity contribution in [1.29, 1.82) is 0 Å². The second-order valence-electron chi connectivity index (χ2n) is 4.72. The lowest BCUT2D eigenvalue weighted by Crippen LogP contribution is -2.49. The molecule has 1 aliphatic rings. The molecule has 0 aromatic carbocycles. The Morgan fingerprint density at radius 1 is 1.22 bits per heavy atom. The minimum absolute atomic E-state index is 0.0456. The average molecular weight is 257 g/mol. The number of nitrogens with zero attached hydrogens (tertiary/aromatic N) is 1. The molecule has 1 fully saturated rings. The topological polar surface area (TPSA) is 81.7 Å². The van der Waals surface area contributed by atoms with Gasteiger partial charge in [-0.2, -0.15) is 0 Å². The molecule has 0 bridgehead atoms. The van der Waals surface area contributed by atoms with Crippen LogP contribution < -0.4 is 10.9 Å². The number of nitrogens with one attached hydrogen (secondary N) is 2. The highest BCUT2D eigenvalue weighted by Crippen LogP contribution is 2.22. The Kier molecular flexibility index (Phi) is 6.67. The second kappa shape index (κ2) is 8.05. The van der Waals surface area contributed by atoms with Gasteiger partial charge in [-0.3, -0.25) is 25.3 Å². The van der Waals surface area contributed by atoms with Gasteiger partial charge < -0.3 is 5.11 Å². The Morgan fingerprint density at radius 2 is 1.89 bits per heavy atom. The summed E-state index contributed by atoms with van der Waals surface area (Å²) >= 11 is 0. The standard InChI is InChI=1S/C12H23N3O3/c1-10(17)13-14-12(18)9-15(7-8-16)11-5-3-2-4-6-11/h11,16H,2-9H2,1H3,(H,13,17)(H,14,18). The van der Waals surface area contributed by atoms with Crippen LogP contribution in [0, 0.1) is 0 Å². The van der Waals surface area contributed by atoms with Gasteiger partial charge in [0.15, 0.2) is 0 Å². The lowest BCUT2D eigenvalue weighted by molar-refractivity contribution is -0.129. The smallest absolute Gasteiger partial charge is 0.252 e. The zero-order valence-corrected chi connectivity index (χ0v) is 10.9. The van der Waals surface area contributed by atoms with E-state index in [0.717, 1.165) is 12.8 Å². The van der Waals surface area contributed by atoms with E-state index >= 15 is 0 Å². The third-order valence-corrected chi connectivity index (χ3v) is 3.20. The van der Waals surface area contributed by atoms with Gasteiger partial charge >= 0.3 is 0 Å². The van der Waals surface area contributed by atoms with Crippen molar-refractivity contribution in [3.8, 4) is 0 Å². The molecule has 18 heavy (non-hydrogen) atoms. The van der Waals surface area contributed by atoms with E-state index in [2.05, 4.69) is 10.9 Å². The van der Waals surface area contributed by atoms with Gasteiger partial charge in [0.05, 0.1) is 13.2 Å². The van der Waals surface area contributed by atoms with Crippen molar-refractivity contribution < 1.29 is 14.7 Å². The molecular formula is C12H23N3O3. The van der Waals surface area contributed by atoms with Crippen LogP contribution >= 0.6 is 0 Å². The molecule has 3 N–H and O–H groups in total. The molecular weight excluding hydrogens is 234 g/mol. The number of hydrazine groups is 1. The summed E-state index contributed by atoms with van der Waals surface area (Å²) in [5.41, 5.74) is 4.62. The van der Waals surface area contributed by atoms with Crippen LogP contribution in [0.2, 0.25) is 0 Å². The quantitative estimate of drug-likeness (QED) is 0.595. The van der Waals surface area contributed by atoms with Crippen molar-refractivity contribution in [2.24, 2.45) is 0 Å². The molecule has 6 nitrogen and oxygen atoms in total. The molecule has 104 valence electrons. The lowest BCUT2D eigenvalue weighted by Gasteiger charge is -2.33. The largest absolute Gasteiger partial charge is 0.395 e. The number of aliphatic hydroxyl groups is 1. The Hall–Kier alpha value is -1.14. The van der Waals surface area contributed by atoms with Crippen LogP contribution in [0.25, 0.3) is 0 Å². The molecule has 0 heterocycles. The van der Waals surface area contributed by atoms with E-state index in [1.807, 2.05) is 4.90 Å². The summed E-state index contributed by atoms with van der Waals surface area (Å²) in [5.74, 6) is -0.543. The molecule has 0 atom stereocenters. The van der Waals surface area contributed by atoms with Gasteiger partial charge in [-0.1, -0.05) is 19.3 Å². The maximum absolute atomic E-state index is 11.6. The molecule has 1 saturated carbocycles. The van der Waals surface area contributed by atoms with Crippen LogP contribution in [0.15, 0.2) is 0 Å². The molecule has 1 rings (SSSR count). The maximum atomic E-state index is 11.6. The molecule has 0 aromatic heterocycles. The SMILES string of the molecule is CC(=O)NNC(=O)CN(CCO)C1CCCCC1. The summed E-state index contributed by atoms with van der Waals surface area (Å²) in [6.07, 6.45) is 5.77. The first-order chi connectivity index (χ1) is 8.63. The van der Waals surface area contributed by atoms with Crippen molar-refractivity contribution in [2.75, 3.05) is 19.7 Å². The fraction of sp³-hybridized carbons (Fsp3) is 0.833. The van der Waals surface area contributed by atoms with Crippen LogP contribution in [-0.2, 0) is 9.59 Å². The van der Waals surface area contributed by atoms with Gasteiger partial charge in [0, 0.05) is 19.5 Å². The van der Waals surface area contributed by atoms with Gasteiger partial charge in [0.2, 0.25) is 5.91 Å². The molecule has 0 aliphatic heterocycles. The fourth-order valence-electron chi connectivity index (χ4n) is 2.35. The number of carbonyl (C=O) groups is 2. The van der Waals surface area contributed by atoms with Crippen LogP contribution in [0.5, 0.6) is 0 Å². The van der Waals surface area contributed by atoms with Crippen LogP contribution in [0.1, 0.15) is 39.0 Å². The molecule has 1 aliphatic carbocycles. The van der Waals surface area contributed by atoms with E-state index in [0.29, 0.717) is 12.6 Å². The molecule has 0 unspecified atom stereocenters. The van der Waals surface area contributed by atoms with Gasteiger partial charge in [-0.05, 0) is 12.8 Å². The lowest BCUT2D eigenvalue weighted by atomic mass is 9.94. The first-order valence-electron chi connectivity index (χ1n) is 6.54. The Labute approximate surface area is 108 Å². The fourth-order valence-corrected chi connectivity index (χ4v) is 2.35. The zero-order chi connectivity index (χ0) is 13.4. The summed E-state index contributed by atoms with van der Waals surface area (Å²) in [7, 11) is 0. The molecule has 6 heteroatoms. The average Bonchev–Trinajstić information content (AvgIpc) is 2.37. The van der Waals surface area contributed by atoms with Crippen LogP contribution in [0.3, 0.4) is 0 Å². The predicted octanol–water partition coefficient (Wildman–Crippen LogP) is -0.219. The van der Waals surface area contributed by atoms with E-state index in [1.54, 1.807) is 0 Å². The van der Waals surface area contributed by atoms with E-state index < -0.39 is 0 Å². The number of aliphatic hydroxyl groups excluding tert-OH is 1. The molecule has 2 amide bonds. The number of hydrogen-bond acceptors (Lipinski definition) is 4. The van der Waals surface area contributed by atoms with Crippen molar-refractivity contribution in [3.05, 3.63) is 0 Å². The number of carbonyl (C=O) groups excluding carboxylic acids is 2. The minimum atomic E-state index is -0.297. The van der Waals surface area contributed by atoms with Crippen LogP contribution in [0.4, 0.5) is 0 Å². The summed E-state index contributed by atoms with van der Waals surface area (Å²) in [6, 6.07) is 0.369. The Morgan fingerprint density at radius 3 is 2.44 bits per heavy atom. The molecule has 0 radical (unpaired) electrons. The monoisotopic (exact) mass is 257 g/mol. The Bertz CT molecular complexity index is 278. The third-order valence-electron chi connectivity index (χ3n) is 3.20. The van der Waals surface area contributed by atoms with Crippen LogP contribution in [-0.4, -0.2) is 47.6 Å². The third kappa shape index (κ3) is 5.46. The summed E-state index contributed by atoms with van der Waals surface area (Å²) in [5, 5.41) is 9.06. The maximum Gasteiger partial charge on any atom is 0.252 e. The van der Waals surface area contributed by atoms with Crippen molar-refractivity contribution in [1.82, 2.24) is 15.8 Å². The molecule has 0 aromatic rings. The van der Waals surface area contributed by atoms with E-state index in [-0.39, 0.29) is 25.0 Å². The van der Waals surface area contributed by atoms with E-state index in [9.17, 15) is 9.59 Å². The van der Waals surface area contributed by atoms with Crippen molar-refractivity contribution >= 4 is 11.8 Å². The zero-order valence-electron chi connectivity index (χ0n) is 10.9. The highest BCUT2D eigenvalue weighted by Gasteiger charge is 2.22. The van der Waals surface area contributed by atoms with Crippen molar-refractivity contribution in [2.45, 2.75) is 45.1 Å². The highest BCUT2D eigenvalue weighted by molar-refractivity contribution is 5.81. The second-order valence-corrected chi connectivity index (χ2v) is 4.72. The minimum Gasteiger partial charge on any atom is -0.395 e. The normalized spacial score (nSPS) is 16.6. The Balaban J connectivity index is 2.40. The van der Waals surface area contributed by atoms with Gasteiger partial charge in [-0.25, -0.2) is 0 Å². The van der Waals surface area contributed by atoms with E-state index in [1.165, 1.54) is 26.2 Å². The summed E-state index contributed by atoms with van der Waals surface area (Å²) in [6.45, 7) is 2.10. The molecule has 0 spiro atoms. The highest BCUT2D eigenvalue weighted by atomic mass is 16.3. The first kappa shape index (κ1) is 14.9. The number of rotatable bonds is 5. The van der Waals surface area contributed by atoms with Gasteiger partial charge in [0.25, 0.3) is 5.91 Å². The van der Waals surface area contributed by atoms with Crippen molar-refractivity contribution in [3.63, 3.8) is 0 Å². The van der Waals surface area contributed by atoms with Gasteiger partial charge in [0.1, 0.15) is 0 Å². The number of hydrogen-bond donors (Lipinski definition) is 3. The number of amides is 2. The summed E-state index contributed by atoms with van der Waals surface area (Å²) < 4.78 is 0.